The first-order chi connectivity index (χ1) is 14.9. The summed E-state index contributed by atoms with van der Waals surface area (Å²) in [4.78, 5) is 0. The van der Waals surface area contributed by atoms with Crippen LogP contribution in [-0.2, 0) is 4.74 Å². The Morgan fingerprint density at radius 1 is 0.969 bits per heavy atom. The maximum atomic E-state index is 6.44. The van der Waals surface area contributed by atoms with Crippen molar-refractivity contribution in [3.05, 3.63) is 11.6 Å². The first kappa shape index (κ1) is 24.8. The Labute approximate surface area is 200 Å². The second-order valence-electron chi connectivity index (χ2n) is 14.4. The molecule has 32 heavy (non-hydrogen) atoms. The van der Waals surface area contributed by atoms with Gasteiger partial charge in [0.15, 0.2) is 0 Å². The highest BCUT2D eigenvalue weighted by atomic mass is 16.5. The van der Waals surface area contributed by atoms with E-state index in [2.05, 4.69) is 61.5 Å². The standard InChI is InChI=1S/C31H54O/c1-21(2)10-9-11-22(3)26-14-15-27-25-13-12-23-20-24(32-29(4,5)6)16-18-30(23,7)28(25)17-19-31(26,27)8/h12,21-22,24-28H,9-11,13-20H2,1-8H3/t22?,24-,25?,26?,27?,28?,30+,31-/m1/s1. The monoisotopic (exact) mass is 442 g/mol. The predicted molar refractivity (Wildman–Crippen MR) is 138 cm³/mol. The molecule has 0 aromatic heterocycles. The van der Waals surface area contributed by atoms with E-state index in [-0.39, 0.29) is 5.60 Å². The van der Waals surface area contributed by atoms with Crippen LogP contribution in [0.5, 0.6) is 0 Å². The third-order valence-electron chi connectivity index (χ3n) is 10.8. The fourth-order valence-electron chi connectivity index (χ4n) is 9.25. The average molecular weight is 443 g/mol. The lowest BCUT2D eigenvalue weighted by Gasteiger charge is -2.58. The van der Waals surface area contributed by atoms with Gasteiger partial charge in [-0.3, -0.25) is 0 Å². The van der Waals surface area contributed by atoms with Crippen molar-refractivity contribution in [1.82, 2.24) is 0 Å². The summed E-state index contributed by atoms with van der Waals surface area (Å²) in [5, 5.41) is 0. The zero-order chi connectivity index (χ0) is 23.3. The third kappa shape index (κ3) is 4.63. The number of hydrogen-bond donors (Lipinski definition) is 0. The molecule has 1 nitrogen and oxygen atoms in total. The van der Waals surface area contributed by atoms with Crippen molar-refractivity contribution >= 4 is 0 Å². The summed E-state index contributed by atoms with van der Waals surface area (Å²) in [6.45, 7) is 19.4. The molecule has 4 rings (SSSR count). The third-order valence-corrected chi connectivity index (χ3v) is 10.8. The zero-order valence-electron chi connectivity index (χ0n) is 22.8. The lowest BCUT2D eigenvalue weighted by molar-refractivity contribution is -0.0955. The van der Waals surface area contributed by atoms with Crippen LogP contribution in [0.15, 0.2) is 11.6 Å². The Morgan fingerprint density at radius 2 is 1.72 bits per heavy atom. The Balaban J connectivity index is 1.46. The number of rotatable bonds is 6. The van der Waals surface area contributed by atoms with Gasteiger partial charge in [-0.2, -0.15) is 0 Å². The molecule has 0 saturated heterocycles. The summed E-state index contributed by atoms with van der Waals surface area (Å²) >= 11 is 0. The molecule has 4 aliphatic rings. The molecule has 5 unspecified atom stereocenters. The number of allylic oxidation sites excluding steroid dienone is 1. The second-order valence-corrected chi connectivity index (χ2v) is 14.4. The highest BCUT2D eigenvalue weighted by Crippen LogP contribution is 2.67. The molecule has 0 heterocycles. The van der Waals surface area contributed by atoms with Gasteiger partial charge in [0.1, 0.15) is 0 Å². The van der Waals surface area contributed by atoms with Crippen molar-refractivity contribution in [3.8, 4) is 0 Å². The van der Waals surface area contributed by atoms with E-state index >= 15 is 0 Å². The van der Waals surface area contributed by atoms with E-state index in [1.807, 2.05) is 0 Å². The molecule has 184 valence electrons. The van der Waals surface area contributed by atoms with Gasteiger partial charge >= 0.3 is 0 Å². The van der Waals surface area contributed by atoms with Crippen LogP contribution in [0.1, 0.15) is 126 Å². The Hall–Kier alpha value is -0.300. The highest BCUT2D eigenvalue weighted by molar-refractivity contribution is 5.25. The molecule has 0 aliphatic heterocycles. The maximum Gasteiger partial charge on any atom is 0.0619 e. The predicted octanol–water partition coefficient (Wildman–Crippen LogP) is 9.21. The molecule has 0 aromatic rings. The summed E-state index contributed by atoms with van der Waals surface area (Å²) in [7, 11) is 0. The fraction of sp³-hybridized carbons (Fsp3) is 0.935. The SMILES string of the molecule is CC(C)CCCC(C)C1CCC2C3CC=C4C[C@H](OC(C)(C)C)CC[C@]4(C)C3CC[C@]12C. The molecule has 1 heteroatoms. The summed E-state index contributed by atoms with van der Waals surface area (Å²) in [5.41, 5.74) is 2.79. The van der Waals surface area contributed by atoms with E-state index in [1.54, 1.807) is 5.57 Å². The topological polar surface area (TPSA) is 9.23 Å². The van der Waals surface area contributed by atoms with Crippen LogP contribution in [0.25, 0.3) is 0 Å². The van der Waals surface area contributed by atoms with Crippen molar-refractivity contribution < 1.29 is 4.74 Å². The van der Waals surface area contributed by atoms with Crippen molar-refractivity contribution in [1.29, 1.82) is 0 Å². The molecule has 4 aliphatic carbocycles. The van der Waals surface area contributed by atoms with Crippen molar-refractivity contribution in [2.24, 2.45) is 46.3 Å². The van der Waals surface area contributed by atoms with Gasteiger partial charge in [0.05, 0.1) is 11.7 Å². The minimum Gasteiger partial charge on any atom is -0.372 e. The van der Waals surface area contributed by atoms with E-state index < -0.39 is 0 Å². The van der Waals surface area contributed by atoms with E-state index in [1.165, 1.54) is 70.6 Å². The smallest absolute Gasteiger partial charge is 0.0619 e. The van der Waals surface area contributed by atoms with Gasteiger partial charge in [-0.05, 0) is 118 Å². The van der Waals surface area contributed by atoms with Crippen LogP contribution in [0.4, 0.5) is 0 Å². The van der Waals surface area contributed by atoms with E-state index in [0.717, 1.165) is 35.5 Å². The van der Waals surface area contributed by atoms with Crippen LogP contribution in [0, 0.1) is 46.3 Å². The second kappa shape index (κ2) is 9.05. The van der Waals surface area contributed by atoms with Gasteiger partial charge in [0, 0.05) is 0 Å². The number of ether oxygens (including phenoxy) is 1. The molecule has 3 saturated carbocycles. The molecular weight excluding hydrogens is 388 g/mol. The Morgan fingerprint density at radius 3 is 2.41 bits per heavy atom. The first-order valence-electron chi connectivity index (χ1n) is 14.3. The number of fused-ring (bicyclic) bond motifs is 5. The molecular formula is C31H54O. The lowest BCUT2D eigenvalue weighted by Crippen LogP contribution is -2.51. The largest absolute Gasteiger partial charge is 0.372 e. The van der Waals surface area contributed by atoms with Gasteiger partial charge < -0.3 is 4.74 Å². The fourth-order valence-corrected chi connectivity index (χ4v) is 9.25. The van der Waals surface area contributed by atoms with Gasteiger partial charge in [-0.1, -0.05) is 65.5 Å². The minimum absolute atomic E-state index is 0.0203. The van der Waals surface area contributed by atoms with Gasteiger partial charge in [0.2, 0.25) is 0 Å². The molecule has 0 spiro atoms. The molecule has 0 amide bonds. The molecule has 0 N–H and O–H groups in total. The van der Waals surface area contributed by atoms with Crippen LogP contribution >= 0.6 is 0 Å². The molecule has 0 radical (unpaired) electrons. The van der Waals surface area contributed by atoms with Gasteiger partial charge in [0.25, 0.3) is 0 Å². The van der Waals surface area contributed by atoms with E-state index in [9.17, 15) is 0 Å². The van der Waals surface area contributed by atoms with Crippen LogP contribution in [-0.4, -0.2) is 11.7 Å². The highest BCUT2D eigenvalue weighted by Gasteiger charge is 2.59. The van der Waals surface area contributed by atoms with Crippen LogP contribution < -0.4 is 0 Å². The summed E-state index contributed by atoms with van der Waals surface area (Å²) < 4.78 is 6.44. The van der Waals surface area contributed by atoms with Crippen molar-refractivity contribution in [2.75, 3.05) is 0 Å². The Bertz CT molecular complexity index is 683. The minimum atomic E-state index is -0.0203. The molecule has 0 bridgehead atoms. The van der Waals surface area contributed by atoms with Gasteiger partial charge in [-0.15, -0.1) is 0 Å². The maximum absolute atomic E-state index is 6.44. The lowest BCUT2D eigenvalue weighted by atomic mass is 9.47. The molecule has 8 atom stereocenters. The summed E-state index contributed by atoms with van der Waals surface area (Å²) in [5.74, 6) is 5.57. The van der Waals surface area contributed by atoms with E-state index in [0.29, 0.717) is 16.9 Å². The number of hydrogen-bond acceptors (Lipinski definition) is 1. The Kier molecular flexibility index (Phi) is 7.02. The van der Waals surface area contributed by atoms with Gasteiger partial charge in [-0.25, -0.2) is 0 Å². The molecule has 3 fully saturated rings. The normalized spacial score (nSPS) is 42.8. The van der Waals surface area contributed by atoms with Crippen LogP contribution in [0.3, 0.4) is 0 Å². The quantitative estimate of drug-likeness (QED) is 0.372. The van der Waals surface area contributed by atoms with E-state index in [4.69, 9.17) is 4.74 Å². The summed E-state index contributed by atoms with van der Waals surface area (Å²) in [6.07, 6.45) is 18.6. The van der Waals surface area contributed by atoms with Crippen molar-refractivity contribution in [2.45, 2.75) is 138 Å². The first-order valence-corrected chi connectivity index (χ1v) is 14.3. The average Bonchev–Trinajstić information content (AvgIpc) is 3.04. The summed E-state index contributed by atoms with van der Waals surface area (Å²) in [6, 6.07) is 0. The molecule has 0 aromatic carbocycles. The zero-order valence-corrected chi connectivity index (χ0v) is 22.8. The van der Waals surface area contributed by atoms with Crippen molar-refractivity contribution in [3.63, 3.8) is 0 Å². The van der Waals surface area contributed by atoms with Crippen LogP contribution in [0.2, 0.25) is 0 Å².